The van der Waals surface area contributed by atoms with E-state index in [1.807, 2.05) is 45.0 Å². The van der Waals surface area contributed by atoms with Crippen molar-refractivity contribution < 1.29 is 19.3 Å². The van der Waals surface area contributed by atoms with Crippen molar-refractivity contribution in [3.05, 3.63) is 59.8 Å². The average Bonchev–Trinajstić information content (AvgIpc) is 2.66. The summed E-state index contributed by atoms with van der Waals surface area (Å²) in [6, 6.07) is 12.6. The second kappa shape index (κ2) is 8.61. The molecule has 0 aliphatic heterocycles. The van der Waals surface area contributed by atoms with Gasteiger partial charge in [0.25, 0.3) is 0 Å². The topological polar surface area (TPSA) is 73.7 Å². The minimum Gasteiger partial charge on any atom is -0.508 e. The predicted octanol–water partition coefficient (Wildman–Crippen LogP) is 4.53. The number of nitrogens with zero attached hydrogens (tertiary/aromatic N) is 2. The first kappa shape index (κ1) is 19.5. The number of phenolic OH excluding ortho intramolecular Hbond substituents is 1. The molecule has 0 saturated carbocycles. The molecule has 0 amide bonds. The molecule has 0 fully saturated rings. The molecule has 0 unspecified atom stereocenters. The van der Waals surface area contributed by atoms with Gasteiger partial charge in [0.05, 0.1) is 13.2 Å². The van der Waals surface area contributed by atoms with E-state index in [9.17, 15) is 5.11 Å². The van der Waals surface area contributed by atoms with Crippen LogP contribution in [0.3, 0.4) is 0 Å². The van der Waals surface area contributed by atoms with Crippen molar-refractivity contribution in [3.8, 4) is 34.5 Å². The van der Waals surface area contributed by atoms with Crippen LogP contribution in [0.4, 0.5) is 0 Å². The molecule has 0 radical (unpaired) electrons. The van der Waals surface area contributed by atoms with Gasteiger partial charge in [0, 0.05) is 23.4 Å². The number of rotatable bonds is 7. The lowest BCUT2D eigenvalue weighted by atomic mass is 10.2. The number of phenols is 1. The Labute approximate surface area is 164 Å². The van der Waals surface area contributed by atoms with Crippen molar-refractivity contribution in [1.82, 2.24) is 9.97 Å². The van der Waals surface area contributed by atoms with E-state index >= 15 is 0 Å². The van der Waals surface area contributed by atoms with E-state index in [1.165, 1.54) is 0 Å². The minimum atomic E-state index is -0.00280. The summed E-state index contributed by atoms with van der Waals surface area (Å²) >= 11 is 0. The Hall–Kier alpha value is -3.28. The fraction of sp³-hybridized carbons (Fsp3) is 0.273. The highest BCUT2D eigenvalue weighted by Gasteiger charge is 2.11. The molecule has 1 N–H and O–H groups in total. The molecule has 28 heavy (non-hydrogen) atoms. The summed E-state index contributed by atoms with van der Waals surface area (Å²) in [5.41, 5.74) is 2.49. The number of ether oxygens (including phenoxy) is 3. The maximum Gasteiger partial charge on any atom is 0.220 e. The van der Waals surface area contributed by atoms with Gasteiger partial charge in [0.2, 0.25) is 5.88 Å². The molecule has 2 aromatic carbocycles. The van der Waals surface area contributed by atoms with E-state index < -0.39 is 0 Å². The van der Waals surface area contributed by atoms with Gasteiger partial charge in [-0.3, -0.25) is 0 Å². The Morgan fingerprint density at radius 2 is 1.79 bits per heavy atom. The van der Waals surface area contributed by atoms with Gasteiger partial charge in [0.1, 0.15) is 23.9 Å². The standard InChI is InChI=1S/C22H24N2O4/c1-14(2)28-20-10-17(9-18(25)11-20)21-23-12-15(3)22(24-21)27-13-16-5-7-19(26-4)8-6-16/h5-12,14,25H,13H2,1-4H3. The lowest BCUT2D eigenvalue weighted by Gasteiger charge is -2.13. The molecule has 0 bridgehead atoms. The van der Waals surface area contributed by atoms with Crippen LogP contribution in [0.25, 0.3) is 11.4 Å². The highest BCUT2D eigenvalue weighted by Crippen LogP contribution is 2.29. The maximum absolute atomic E-state index is 10.0. The zero-order valence-electron chi connectivity index (χ0n) is 16.5. The molecule has 0 aliphatic rings. The zero-order valence-corrected chi connectivity index (χ0v) is 16.5. The molecular formula is C22H24N2O4. The normalized spacial score (nSPS) is 10.8. The quantitative estimate of drug-likeness (QED) is 0.649. The van der Waals surface area contributed by atoms with Gasteiger partial charge >= 0.3 is 0 Å². The smallest absolute Gasteiger partial charge is 0.220 e. The Morgan fingerprint density at radius 3 is 2.46 bits per heavy atom. The van der Waals surface area contributed by atoms with Crippen LogP contribution in [-0.4, -0.2) is 28.3 Å². The van der Waals surface area contributed by atoms with Gasteiger partial charge in [0.15, 0.2) is 5.82 Å². The maximum atomic E-state index is 10.0. The lowest BCUT2D eigenvalue weighted by Crippen LogP contribution is -2.05. The molecule has 6 heteroatoms. The van der Waals surface area contributed by atoms with Gasteiger partial charge in [-0.05, 0) is 50.6 Å². The average molecular weight is 380 g/mol. The summed E-state index contributed by atoms with van der Waals surface area (Å²) in [5.74, 6) is 2.41. The number of methoxy groups -OCH3 is 1. The van der Waals surface area contributed by atoms with Crippen molar-refractivity contribution in [2.24, 2.45) is 0 Å². The second-order valence-electron chi connectivity index (χ2n) is 6.70. The van der Waals surface area contributed by atoms with E-state index in [1.54, 1.807) is 31.5 Å². The van der Waals surface area contributed by atoms with Gasteiger partial charge in [-0.25, -0.2) is 4.98 Å². The first-order valence-electron chi connectivity index (χ1n) is 9.05. The number of aromatic hydroxyl groups is 1. The van der Waals surface area contributed by atoms with Gasteiger partial charge in [-0.15, -0.1) is 0 Å². The molecule has 6 nitrogen and oxygen atoms in total. The summed E-state index contributed by atoms with van der Waals surface area (Å²) in [5, 5.41) is 10.0. The fourth-order valence-electron chi connectivity index (χ4n) is 2.64. The number of aromatic nitrogens is 2. The Morgan fingerprint density at radius 1 is 1.04 bits per heavy atom. The monoisotopic (exact) mass is 380 g/mol. The van der Waals surface area contributed by atoms with Crippen LogP contribution in [0.2, 0.25) is 0 Å². The van der Waals surface area contributed by atoms with Crippen LogP contribution >= 0.6 is 0 Å². The van der Waals surface area contributed by atoms with Crippen LogP contribution in [0, 0.1) is 6.92 Å². The molecule has 0 atom stereocenters. The largest absolute Gasteiger partial charge is 0.508 e. The fourth-order valence-corrected chi connectivity index (χ4v) is 2.64. The van der Waals surface area contributed by atoms with E-state index in [2.05, 4.69) is 9.97 Å². The molecule has 0 saturated heterocycles. The third-order valence-electron chi connectivity index (χ3n) is 3.98. The third-order valence-corrected chi connectivity index (χ3v) is 3.98. The molecule has 1 heterocycles. The second-order valence-corrected chi connectivity index (χ2v) is 6.70. The van der Waals surface area contributed by atoms with Gasteiger partial charge in [-0.2, -0.15) is 4.98 Å². The van der Waals surface area contributed by atoms with E-state index in [0.29, 0.717) is 29.6 Å². The summed E-state index contributed by atoms with van der Waals surface area (Å²) < 4.78 is 16.7. The summed E-state index contributed by atoms with van der Waals surface area (Å²) in [4.78, 5) is 8.90. The summed E-state index contributed by atoms with van der Waals surface area (Å²) in [7, 11) is 1.64. The third kappa shape index (κ3) is 4.91. The molecule has 146 valence electrons. The number of hydrogen-bond donors (Lipinski definition) is 1. The van der Waals surface area contributed by atoms with Crippen LogP contribution in [0.5, 0.6) is 23.1 Å². The molecular weight excluding hydrogens is 356 g/mol. The lowest BCUT2D eigenvalue weighted by molar-refractivity contribution is 0.241. The Kier molecular flexibility index (Phi) is 5.99. The molecule has 1 aromatic heterocycles. The zero-order chi connectivity index (χ0) is 20.1. The van der Waals surface area contributed by atoms with Crippen LogP contribution in [0.15, 0.2) is 48.7 Å². The van der Waals surface area contributed by atoms with Gasteiger partial charge in [-0.1, -0.05) is 12.1 Å². The Balaban J connectivity index is 1.81. The number of benzene rings is 2. The number of hydrogen-bond acceptors (Lipinski definition) is 6. The van der Waals surface area contributed by atoms with Crippen molar-refractivity contribution in [3.63, 3.8) is 0 Å². The highest BCUT2D eigenvalue weighted by molar-refractivity contribution is 5.61. The van der Waals surface area contributed by atoms with Crippen molar-refractivity contribution in [2.75, 3.05) is 7.11 Å². The Bertz CT molecular complexity index is 940. The van der Waals surface area contributed by atoms with Gasteiger partial charge < -0.3 is 19.3 Å². The predicted molar refractivity (Wildman–Crippen MR) is 107 cm³/mol. The van der Waals surface area contributed by atoms with Crippen LogP contribution in [-0.2, 0) is 6.61 Å². The van der Waals surface area contributed by atoms with Crippen molar-refractivity contribution >= 4 is 0 Å². The molecule has 3 aromatic rings. The molecule has 0 spiro atoms. The molecule has 3 rings (SSSR count). The minimum absolute atomic E-state index is 0.00280. The SMILES string of the molecule is COc1ccc(COc2nc(-c3cc(O)cc(OC(C)C)c3)ncc2C)cc1. The summed E-state index contributed by atoms with van der Waals surface area (Å²) in [6.07, 6.45) is 1.70. The molecule has 0 aliphatic carbocycles. The van der Waals surface area contributed by atoms with Crippen molar-refractivity contribution in [1.29, 1.82) is 0 Å². The summed E-state index contributed by atoms with van der Waals surface area (Å²) in [6.45, 7) is 6.13. The van der Waals surface area contributed by atoms with Crippen molar-refractivity contribution in [2.45, 2.75) is 33.5 Å². The van der Waals surface area contributed by atoms with E-state index in [-0.39, 0.29) is 11.9 Å². The highest BCUT2D eigenvalue weighted by atomic mass is 16.5. The van der Waals surface area contributed by atoms with E-state index in [0.717, 1.165) is 16.9 Å². The number of aryl methyl sites for hydroxylation is 1. The first-order valence-corrected chi connectivity index (χ1v) is 9.05. The van der Waals surface area contributed by atoms with E-state index in [4.69, 9.17) is 14.2 Å². The van der Waals surface area contributed by atoms with Crippen LogP contribution < -0.4 is 14.2 Å². The van der Waals surface area contributed by atoms with Crippen LogP contribution in [0.1, 0.15) is 25.0 Å². The first-order chi connectivity index (χ1) is 13.4.